The van der Waals surface area contributed by atoms with E-state index in [9.17, 15) is 0 Å². The van der Waals surface area contributed by atoms with Crippen molar-refractivity contribution in [2.45, 2.75) is 31.2 Å². The predicted molar refractivity (Wildman–Crippen MR) is 77.7 cm³/mol. The molecule has 4 atom stereocenters. The van der Waals surface area contributed by atoms with Crippen molar-refractivity contribution in [2.75, 3.05) is 7.11 Å². The van der Waals surface area contributed by atoms with E-state index in [0.717, 1.165) is 23.1 Å². The maximum atomic E-state index is 6.42. The van der Waals surface area contributed by atoms with Crippen molar-refractivity contribution >= 4 is 21.6 Å². The van der Waals surface area contributed by atoms with Gasteiger partial charge in [-0.25, -0.2) is 4.98 Å². The average Bonchev–Trinajstić information content (AvgIpc) is 3.10. The van der Waals surface area contributed by atoms with Gasteiger partial charge in [0.2, 0.25) is 0 Å². The molecule has 1 aromatic carbocycles. The van der Waals surface area contributed by atoms with E-state index in [0.29, 0.717) is 12.0 Å². The third kappa shape index (κ3) is 1.70. The summed E-state index contributed by atoms with van der Waals surface area (Å²) in [5.41, 5.74) is 7.50. The van der Waals surface area contributed by atoms with Gasteiger partial charge < -0.3 is 10.5 Å². The molecule has 0 aliphatic heterocycles. The molecule has 4 heteroatoms. The van der Waals surface area contributed by atoms with E-state index < -0.39 is 0 Å². The Bertz CT molecular complexity index is 622. The van der Waals surface area contributed by atoms with E-state index in [-0.39, 0.29) is 0 Å². The van der Waals surface area contributed by atoms with Gasteiger partial charge in [0.1, 0.15) is 5.75 Å². The van der Waals surface area contributed by atoms with Crippen molar-refractivity contribution in [3.05, 3.63) is 23.2 Å². The molecule has 1 heterocycles. The summed E-state index contributed by atoms with van der Waals surface area (Å²) in [7, 11) is 1.70. The fourth-order valence-corrected chi connectivity index (χ4v) is 5.14. The average molecular weight is 274 g/mol. The van der Waals surface area contributed by atoms with Gasteiger partial charge in [-0.15, -0.1) is 11.3 Å². The second-order valence-corrected chi connectivity index (χ2v) is 6.88. The molecule has 2 aliphatic rings. The molecule has 4 unspecified atom stereocenters. The highest BCUT2D eigenvalue weighted by atomic mass is 32.1. The van der Waals surface area contributed by atoms with Gasteiger partial charge in [0, 0.05) is 12.0 Å². The Balaban J connectivity index is 1.75. The molecule has 0 saturated heterocycles. The maximum Gasteiger partial charge on any atom is 0.120 e. The van der Waals surface area contributed by atoms with E-state index in [2.05, 4.69) is 6.07 Å². The second-order valence-electron chi connectivity index (χ2n) is 5.82. The summed E-state index contributed by atoms with van der Waals surface area (Å²) >= 11 is 1.80. The van der Waals surface area contributed by atoms with Gasteiger partial charge in [0.25, 0.3) is 0 Å². The minimum atomic E-state index is 0.321. The van der Waals surface area contributed by atoms with Crippen molar-refractivity contribution in [3.63, 3.8) is 0 Å². The van der Waals surface area contributed by atoms with E-state index in [1.807, 2.05) is 12.1 Å². The minimum Gasteiger partial charge on any atom is -0.497 e. The summed E-state index contributed by atoms with van der Waals surface area (Å²) in [5.74, 6) is 2.89. The molecule has 2 aromatic rings. The molecular weight excluding hydrogens is 256 g/mol. The molecule has 0 spiro atoms. The number of rotatable bonds is 2. The Morgan fingerprint density at radius 1 is 1.32 bits per heavy atom. The molecule has 3 nitrogen and oxygen atoms in total. The summed E-state index contributed by atoms with van der Waals surface area (Å²) in [6.07, 6.45) is 3.97. The van der Waals surface area contributed by atoms with Crippen molar-refractivity contribution in [3.8, 4) is 5.75 Å². The van der Waals surface area contributed by atoms with Crippen LogP contribution >= 0.6 is 11.3 Å². The molecule has 2 fully saturated rings. The number of fused-ring (bicyclic) bond motifs is 3. The Kier molecular flexibility index (Phi) is 2.57. The van der Waals surface area contributed by atoms with Crippen molar-refractivity contribution in [1.82, 2.24) is 4.98 Å². The highest BCUT2D eigenvalue weighted by molar-refractivity contribution is 7.18. The van der Waals surface area contributed by atoms with Crippen molar-refractivity contribution in [2.24, 2.45) is 17.6 Å². The lowest BCUT2D eigenvalue weighted by atomic mass is 9.85. The highest BCUT2D eigenvalue weighted by Crippen LogP contribution is 2.53. The highest BCUT2D eigenvalue weighted by Gasteiger charge is 2.47. The number of benzene rings is 1. The lowest BCUT2D eigenvalue weighted by molar-refractivity contribution is 0.365. The first-order chi connectivity index (χ1) is 9.26. The Morgan fingerprint density at radius 2 is 2.16 bits per heavy atom. The first-order valence-electron chi connectivity index (χ1n) is 6.96. The van der Waals surface area contributed by atoms with Crippen LogP contribution in [0.3, 0.4) is 0 Å². The molecule has 2 bridgehead atoms. The fourth-order valence-electron chi connectivity index (χ4n) is 3.89. The number of nitrogens with zero attached hydrogens (tertiary/aromatic N) is 1. The zero-order chi connectivity index (χ0) is 13.0. The molecule has 2 N–H and O–H groups in total. The summed E-state index contributed by atoms with van der Waals surface area (Å²) in [6.45, 7) is 0. The number of hydrogen-bond donors (Lipinski definition) is 1. The van der Waals surface area contributed by atoms with E-state index in [4.69, 9.17) is 15.5 Å². The SMILES string of the molecule is COc1ccc2nc(C3C4CCC(C4)C3N)sc2c1. The van der Waals surface area contributed by atoms with Crippen LogP contribution in [0, 0.1) is 11.8 Å². The van der Waals surface area contributed by atoms with Crippen molar-refractivity contribution in [1.29, 1.82) is 0 Å². The first-order valence-corrected chi connectivity index (χ1v) is 7.78. The molecule has 100 valence electrons. The lowest BCUT2D eigenvalue weighted by Crippen LogP contribution is -2.33. The summed E-state index contributed by atoms with van der Waals surface area (Å²) in [6, 6.07) is 6.43. The Morgan fingerprint density at radius 3 is 2.89 bits per heavy atom. The van der Waals surface area contributed by atoms with Crippen LogP contribution in [0.1, 0.15) is 30.2 Å². The Hall–Kier alpha value is -1.13. The standard InChI is InChI=1S/C15H18N2OS/c1-18-10-4-5-11-12(7-10)19-15(17-11)13-8-2-3-9(6-8)14(13)16/h4-5,7-9,13-14H,2-3,6,16H2,1H3. The molecule has 0 radical (unpaired) electrons. The van der Waals surface area contributed by atoms with Gasteiger partial charge in [0.05, 0.1) is 22.3 Å². The van der Waals surface area contributed by atoms with Gasteiger partial charge in [-0.3, -0.25) is 0 Å². The molecular formula is C15H18N2OS. The molecule has 19 heavy (non-hydrogen) atoms. The number of hydrogen-bond acceptors (Lipinski definition) is 4. The van der Waals surface area contributed by atoms with Crippen LogP contribution in [0.5, 0.6) is 5.75 Å². The Labute approximate surface area is 116 Å². The van der Waals surface area contributed by atoms with Crippen LogP contribution in [0.2, 0.25) is 0 Å². The molecule has 4 rings (SSSR count). The summed E-state index contributed by atoms with van der Waals surface area (Å²) < 4.78 is 6.49. The topological polar surface area (TPSA) is 48.1 Å². The van der Waals surface area contributed by atoms with Gasteiger partial charge in [0.15, 0.2) is 0 Å². The number of ether oxygens (including phenoxy) is 1. The summed E-state index contributed by atoms with van der Waals surface area (Å²) in [5, 5.41) is 1.24. The zero-order valence-corrected chi connectivity index (χ0v) is 11.8. The first kappa shape index (κ1) is 11.7. The molecule has 1 aromatic heterocycles. The zero-order valence-electron chi connectivity index (χ0n) is 11.0. The van der Waals surface area contributed by atoms with Crippen LogP contribution < -0.4 is 10.5 Å². The molecule has 2 aliphatic carbocycles. The van der Waals surface area contributed by atoms with Gasteiger partial charge in [-0.05, 0) is 49.3 Å². The van der Waals surface area contributed by atoms with Crippen LogP contribution in [-0.4, -0.2) is 18.1 Å². The van der Waals surface area contributed by atoms with Crippen LogP contribution in [0.4, 0.5) is 0 Å². The predicted octanol–water partition coefficient (Wildman–Crippen LogP) is 3.15. The molecule has 0 amide bonds. The number of aromatic nitrogens is 1. The van der Waals surface area contributed by atoms with E-state index in [1.165, 1.54) is 29.0 Å². The fraction of sp³-hybridized carbons (Fsp3) is 0.533. The summed E-state index contributed by atoms with van der Waals surface area (Å²) in [4.78, 5) is 4.82. The van der Waals surface area contributed by atoms with Crippen LogP contribution in [0.15, 0.2) is 18.2 Å². The van der Waals surface area contributed by atoms with Crippen LogP contribution in [0.25, 0.3) is 10.2 Å². The van der Waals surface area contributed by atoms with Gasteiger partial charge in [-0.2, -0.15) is 0 Å². The largest absolute Gasteiger partial charge is 0.497 e. The monoisotopic (exact) mass is 274 g/mol. The number of methoxy groups -OCH3 is 1. The normalized spacial score (nSPS) is 33.2. The third-order valence-corrected chi connectivity index (χ3v) is 6.00. The van der Waals surface area contributed by atoms with Crippen LogP contribution in [-0.2, 0) is 0 Å². The smallest absolute Gasteiger partial charge is 0.120 e. The van der Waals surface area contributed by atoms with Gasteiger partial charge in [-0.1, -0.05) is 0 Å². The number of nitrogens with two attached hydrogens (primary N) is 1. The minimum absolute atomic E-state index is 0.321. The number of thiazole rings is 1. The second kappa shape index (κ2) is 4.18. The van der Waals surface area contributed by atoms with Gasteiger partial charge >= 0.3 is 0 Å². The lowest BCUT2D eigenvalue weighted by Gasteiger charge is -2.26. The molecule has 2 saturated carbocycles. The van der Waals surface area contributed by atoms with E-state index in [1.54, 1.807) is 18.4 Å². The van der Waals surface area contributed by atoms with E-state index >= 15 is 0 Å². The third-order valence-electron chi connectivity index (χ3n) is 4.88. The van der Waals surface area contributed by atoms with Crippen molar-refractivity contribution < 1.29 is 4.74 Å². The quantitative estimate of drug-likeness (QED) is 0.915. The maximum absolute atomic E-state index is 6.42.